The van der Waals surface area contributed by atoms with Crippen LogP contribution in [0.4, 0.5) is 4.39 Å². The predicted molar refractivity (Wildman–Crippen MR) is 121 cm³/mol. The Morgan fingerprint density at radius 1 is 0.968 bits per heavy atom. The number of nitrogens with zero attached hydrogens (tertiary/aromatic N) is 2. The maximum atomic E-state index is 13.5. The molecule has 2 amide bonds. The second kappa shape index (κ2) is 9.94. The van der Waals surface area contributed by atoms with E-state index in [2.05, 4.69) is 19.1 Å². The van der Waals surface area contributed by atoms with E-state index in [1.165, 1.54) is 23.4 Å². The maximum absolute atomic E-state index is 13.5. The van der Waals surface area contributed by atoms with Gasteiger partial charge in [0, 0.05) is 28.3 Å². The first-order valence-corrected chi connectivity index (χ1v) is 12.2. The minimum absolute atomic E-state index is 0.0325. The van der Waals surface area contributed by atoms with Crippen LogP contribution in [0.1, 0.15) is 60.3 Å². The Hall–Kier alpha value is -2.21. The first kappa shape index (κ1) is 22.0. The SMILES string of the molecule is Cc1ccc(CN(Cc2ccc(F)cc2)C(=O)CN(C(=O)C2CC2)C2CCCCC2)s1. The molecule has 2 aromatic rings. The monoisotopic (exact) mass is 442 g/mol. The summed E-state index contributed by atoms with van der Waals surface area (Å²) in [5.74, 6) is -0.0434. The Morgan fingerprint density at radius 2 is 1.68 bits per heavy atom. The van der Waals surface area contributed by atoms with Crippen molar-refractivity contribution in [3.63, 3.8) is 0 Å². The minimum atomic E-state index is -0.283. The third-order valence-electron chi connectivity index (χ3n) is 6.31. The number of halogens is 1. The van der Waals surface area contributed by atoms with Crippen molar-refractivity contribution in [2.75, 3.05) is 6.54 Å². The molecule has 31 heavy (non-hydrogen) atoms. The molecule has 0 bridgehead atoms. The minimum Gasteiger partial charge on any atom is -0.332 e. The highest BCUT2D eigenvalue weighted by Crippen LogP contribution is 2.34. The summed E-state index contributed by atoms with van der Waals surface area (Å²) < 4.78 is 13.4. The van der Waals surface area contributed by atoms with Crippen LogP contribution in [0, 0.1) is 18.7 Å². The van der Waals surface area contributed by atoms with Crippen LogP contribution in [0.5, 0.6) is 0 Å². The molecule has 2 aliphatic rings. The molecule has 0 radical (unpaired) electrons. The topological polar surface area (TPSA) is 40.6 Å². The standard InChI is InChI=1S/C25H31FN2O2S/c1-18-7-14-23(31-18)16-27(15-19-8-12-21(26)13-9-19)24(29)17-28(25(30)20-10-11-20)22-5-3-2-4-6-22/h7-9,12-14,20,22H,2-6,10-11,15-17H2,1H3. The largest absolute Gasteiger partial charge is 0.332 e. The number of aryl methyl sites for hydroxylation is 1. The van der Waals surface area contributed by atoms with Crippen LogP contribution in [-0.4, -0.2) is 34.2 Å². The number of amides is 2. The summed E-state index contributed by atoms with van der Waals surface area (Å²) in [6.45, 7) is 3.11. The van der Waals surface area contributed by atoms with Crippen molar-refractivity contribution in [3.8, 4) is 0 Å². The summed E-state index contributed by atoms with van der Waals surface area (Å²) in [4.78, 5) is 32.5. The highest BCUT2D eigenvalue weighted by molar-refractivity contribution is 7.11. The number of hydrogen-bond donors (Lipinski definition) is 0. The molecule has 4 nitrogen and oxygen atoms in total. The van der Waals surface area contributed by atoms with Gasteiger partial charge in [-0.15, -0.1) is 11.3 Å². The Balaban J connectivity index is 1.51. The summed E-state index contributed by atoms with van der Waals surface area (Å²) in [7, 11) is 0. The van der Waals surface area contributed by atoms with Gasteiger partial charge in [-0.2, -0.15) is 0 Å². The molecule has 0 atom stereocenters. The molecule has 2 saturated carbocycles. The van der Waals surface area contributed by atoms with Gasteiger partial charge in [0.05, 0.1) is 6.54 Å². The van der Waals surface area contributed by atoms with Crippen LogP contribution in [0.2, 0.25) is 0 Å². The molecule has 1 aromatic carbocycles. The summed E-state index contributed by atoms with van der Waals surface area (Å²) in [6.07, 6.45) is 7.35. The second-order valence-corrected chi connectivity index (χ2v) is 10.3. The van der Waals surface area contributed by atoms with Crippen LogP contribution in [-0.2, 0) is 22.7 Å². The van der Waals surface area contributed by atoms with E-state index in [4.69, 9.17) is 0 Å². The molecule has 0 aliphatic heterocycles. The van der Waals surface area contributed by atoms with Gasteiger partial charge in [-0.1, -0.05) is 31.4 Å². The van der Waals surface area contributed by atoms with Gasteiger partial charge < -0.3 is 9.80 Å². The number of carbonyl (C=O) groups excluding carboxylic acids is 2. The van der Waals surface area contributed by atoms with E-state index in [1.54, 1.807) is 23.5 Å². The highest BCUT2D eigenvalue weighted by Gasteiger charge is 2.38. The molecule has 0 saturated heterocycles. The Kier molecular flexibility index (Phi) is 7.06. The van der Waals surface area contributed by atoms with E-state index in [0.29, 0.717) is 13.1 Å². The van der Waals surface area contributed by atoms with Gasteiger partial charge in [-0.05, 0) is 62.4 Å². The molecular formula is C25H31FN2O2S. The van der Waals surface area contributed by atoms with E-state index in [1.807, 2.05) is 9.80 Å². The van der Waals surface area contributed by atoms with Gasteiger partial charge in [-0.25, -0.2) is 4.39 Å². The molecule has 2 fully saturated rings. The third-order valence-corrected chi connectivity index (χ3v) is 7.30. The number of benzene rings is 1. The van der Waals surface area contributed by atoms with E-state index >= 15 is 0 Å². The van der Waals surface area contributed by atoms with Crippen molar-refractivity contribution in [3.05, 3.63) is 57.5 Å². The van der Waals surface area contributed by atoms with Crippen LogP contribution < -0.4 is 0 Å². The zero-order chi connectivity index (χ0) is 21.8. The van der Waals surface area contributed by atoms with E-state index in [0.717, 1.165) is 49.0 Å². The number of rotatable bonds is 8. The van der Waals surface area contributed by atoms with E-state index in [9.17, 15) is 14.0 Å². The molecule has 0 unspecified atom stereocenters. The molecule has 6 heteroatoms. The summed E-state index contributed by atoms with van der Waals surface area (Å²) in [5, 5.41) is 0. The predicted octanol–water partition coefficient (Wildman–Crippen LogP) is 5.30. The second-order valence-electron chi connectivity index (χ2n) is 8.92. The average molecular weight is 443 g/mol. The Labute approximate surface area is 188 Å². The fraction of sp³-hybridized carbons (Fsp3) is 0.520. The van der Waals surface area contributed by atoms with Crippen molar-refractivity contribution in [2.24, 2.45) is 5.92 Å². The summed E-state index contributed by atoms with van der Waals surface area (Å²) in [5.41, 5.74) is 0.890. The van der Waals surface area contributed by atoms with Crippen molar-refractivity contribution < 1.29 is 14.0 Å². The van der Waals surface area contributed by atoms with Crippen molar-refractivity contribution in [1.29, 1.82) is 0 Å². The fourth-order valence-electron chi connectivity index (χ4n) is 4.39. The van der Waals surface area contributed by atoms with Gasteiger partial charge in [0.2, 0.25) is 11.8 Å². The van der Waals surface area contributed by atoms with Crippen LogP contribution in [0.25, 0.3) is 0 Å². The highest BCUT2D eigenvalue weighted by atomic mass is 32.1. The van der Waals surface area contributed by atoms with Crippen molar-refractivity contribution >= 4 is 23.2 Å². The van der Waals surface area contributed by atoms with Crippen molar-refractivity contribution in [1.82, 2.24) is 9.80 Å². The zero-order valence-electron chi connectivity index (χ0n) is 18.2. The van der Waals surface area contributed by atoms with Gasteiger partial charge in [0.15, 0.2) is 0 Å². The molecule has 0 spiro atoms. The lowest BCUT2D eigenvalue weighted by atomic mass is 9.93. The van der Waals surface area contributed by atoms with Gasteiger partial charge >= 0.3 is 0 Å². The van der Waals surface area contributed by atoms with Gasteiger partial charge in [0.1, 0.15) is 12.4 Å². The molecule has 1 heterocycles. The lowest BCUT2D eigenvalue weighted by Gasteiger charge is -2.35. The maximum Gasteiger partial charge on any atom is 0.242 e. The quantitative estimate of drug-likeness (QED) is 0.557. The summed E-state index contributed by atoms with van der Waals surface area (Å²) in [6, 6.07) is 10.6. The zero-order valence-corrected chi connectivity index (χ0v) is 19.0. The Bertz CT molecular complexity index is 901. The first-order valence-electron chi connectivity index (χ1n) is 11.4. The number of hydrogen-bond acceptors (Lipinski definition) is 3. The smallest absolute Gasteiger partial charge is 0.242 e. The molecule has 2 aliphatic carbocycles. The van der Waals surface area contributed by atoms with Crippen LogP contribution in [0.15, 0.2) is 36.4 Å². The lowest BCUT2D eigenvalue weighted by Crippen LogP contribution is -2.48. The van der Waals surface area contributed by atoms with Crippen molar-refractivity contribution in [2.45, 2.75) is 71.0 Å². The van der Waals surface area contributed by atoms with Gasteiger partial charge in [-0.3, -0.25) is 9.59 Å². The molecule has 0 N–H and O–H groups in total. The molecule has 4 rings (SSSR count). The van der Waals surface area contributed by atoms with E-state index < -0.39 is 0 Å². The van der Waals surface area contributed by atoms with E-state index in [-0.39, 0.29) is 36.1 Å². The van der Waals surface area contributed by atoms with Gasteiger partial charge in [0.25, 0.3) is 0 Å². The number of thiophene rings is 1. The first-order chi connectivity index (χ1) is 15.0. The average Bonchev–Trinajstić information content (AvgIpc) is 3.55. The molecular weight excluding hydrogens is 411 g/mol. The Morgan fingerprint density at radius 3 is 2.29 bits per heavy atom. The number of carbonyl (C=O) groups is 2. The molecule has 166 valence electrons. The normalized spacial score (nSPS) is 16.8. The van der Waals surface area contributed by atoms with Crippen LogP contribution >= 0.6 is 11.3 Å². The fourth-order valence-corrected chi connectivity index (χ4v) is 5.30. The third kappa shape index (κ3) is 5.94. The summed E-state index contributed by atoms with van der Waals surface area (Å²) >= 11 is 1.68. The molecule has 1 aromatic heterocycles. The van der Waals surface area contributed by atoms with Crippen LogP contribution in [0.3, 0.4) is 0 Å². The lowest BCUT2D eigenvalue weighted by molar-refractivity contribution is -0.144.